The third-order valence-electron chi connectivity index (χ3n) is 4.02. The van der Waals surface area contributed by atoms with Crippen LogP contribution in [0.3, 0.4) is 0 Å². The van der Waals surface area contributed by atoms with Gasteiger partial charge in [-0.15, -0.1) is 0 Å². The van der Waals surface area contributed by atoms with E-state index >= 15 is 0 Å². The highest BCUT2D eigenvalue weighted by molar-refractivity contribution is 8.18. The van der Waals surface area contributed by atoms with Gasteiger partial charge in [-0.2, -0.15) is 0 Å². The number of nitrogens with zero attached hydrogens (tertiary/aromatic N) is 2. The summed E-state index contributed by atoms with van der Waals surface area (Å²) in [6, 6.07) is 2.60. The maximum atomic E-state index is 11.8. The molecule has 4 nitrogen and oxygen atoms in total. The highest BCUT2D eigenvalue weighted by Crippen LogP contribution is 2.32. The molecule has 1 aromatic heterocycles. The van der Waals surface area contributed by atoms with Crippen molar-refractivity contribution in [2.75, 3.05) is 7.05 Å². The highest BCUT2D eigenvalue weighted by atomic mass is 32.2. The van der Waals surface area contributed by atoms with Crippen LogP contribution >= 0.6 is 11.8 Å². The van der Waals surface area contributed by atoms with Gasteiger partial charge in [0.15, 0.2) is 0 Å². The second-order valence-electron chi connectivity index (χ2n) is 5.42. The molecule has 0 aromatic carbocycles. The molecule has 1 aliphatic carbocycles. The molecule has 1 saturated heterocycles. The zero-order chi connectivity index (χ0) is 14.1. The van der Waals surface area contributed by atoms with Crippen molar-refractivity contribution in [2.45, 2.75) is 38.1 Å². The summed E-state index contributed by atoms with van der Waals surface area (Å²) in [5.41, 5.74) is 0.995. The first-order valence-electron chi connectivity index (χ1n) is 7.04. The van der Waals surface area contributed by atoms with Crippen LogP contribution in [0.25, 0.3) is 6.08 Å². The second kappa shape index (κ2) is 5.48. The summed E-state index contributed by atoms with van der Waals surface area (Å²) in [6.45, 7) is 0. The van der Waals surface area contributed by atoms with Gasteiger partial charge in [-0.25, -0.2) is 0 Å². The van der Waals surface area contributed by atoms with Crippen molar-refractivity contribution in [3.8, 4) is 0 Å². The first kappa shape index (κ1) is 13.5. The van der Waals surface area contributed by atoms with Crippen molar-refractivity contribution in [3.63, 3.8) is 0 Å². The number of imide groups is 1. The normalized spacial score (nSPS) is 23.1. The van der Waals surface area contributed by atoms with Gasteiger partial charge in [0.05, 0.1) is 4.91 Å². The number of rotatable bonds is 2. The van der Waals surface area contributed by atoms with Gasteiger partial charge >= 0.3 is 0 Å². The Morgan fingerprint density at radius 2 is 2.00 bits per heavy atom. The summed E-state index contributed by atoms with van der Waals surface area (Å²) in [5, 5.41) is -0.201. The Labute approximate surface area is 122 Å². The molecule has 20 heavy (non-hydrogen) atoms. The fourth-order valence-electron chi connectivity index (χ4n) is 2.82. The van der Waals surface area contributed by atoms with Gasteiger partial charge in [0.1, 0.15) is 0 Å². The van der Waals surface area contributed by atoms with E-state index in [1.165, 1.54) is 39.2 Å². The number of carbonyl (C=O) groups excluding carboxylic acids is 2. The summed E-state index contributed by atoms with van der Waals surface area (Å²) < 4.78 is 2.25. The lowest BCUT2D eigenvalue weighted by atomic mass is 9.95. The molecule has 2 fully saturated rings. The Bertz CT molecular complexity index is 570. The van der Waals surface area contributed by atoms with Crippen LogP contribution in [0.4, 0.5) is 4.79 Å². The minimum Gasteiger partial charge on any atom is -0.351 e. The highest BCUT2D eigenvalue weighted by Gasteiger charge is 2.31. The molecule has 0 radical (unpaired) electrons. The van der Waals surface area contributed by atoms with Crippen LogP contribution in [-0.4, -0.2) is 27.7 Å². The van der Waals surface area contributed by atoms with Crippen molar-refractivity contribution < 1.29 is 9.59 Å². The van der Waals surface area contributed by atoms with E-state index in [2.05, 4.69) is 17.0 Å². The smallest absolute Gasteiger partial charge is 0.293 e. The Kier molecular flexibility index (Phi) is 3.70. The molecule has 0 spiro atoms. The lowest BCUT2D eigenvalue weighted by Gasteiger charge is -2.23. The number of hydrogen-bond acceptors (Lipinski definition) is 3. The monoisotopic (exact) mass is 290 g/mol. The van der Waals surface area contributed by atoms with Crippen molar-refractivity contribution >= 4 is 29.0 Å². The average molecular weight is 290 g/mol. The molecule has 5 heteroatoms. The van der Waals surface area contributed by atoms with Crippen molar-refractivity contribution in [2.24, 2.45) is 0 Å². The van der Waals surface area contributed by atoms with Crippen molar-refractivity contribution in [1.82, 2.24) is 9.47 Å². The van der Waals surface area contributed by atoms with E-state index in [0.29, 0.717) is 10.9 Å². The molecule has 0 atom stereocenters. The number of aromatic nitrogens is 1. The molecule has 0 N–H and O–H groups in total. The van der Waals surface area contributed by atoms with Crippen LogP contribution in [0.5, 0.6) is 0 Å². The third kappa shape index (κ3) is 2.54. The van der Waals surface area contributed by atoms with Crippen molar-refractivity contribution in [1.29, 1.82) is 0 Å². The van der Waals surface area contributed by atoms with Crippen LogP contribution in [0, 0.1) is 0 Å². The van der Waals surface area contributed by atoms with Gasteiger partial charge in [0.2, 0.25) is 0 Å². The van der Waals surface area contributed by atoms with Gasteiger partial charge < -0.3 is 4.57 Å². The summed E-state index contributed by atoms with van der Waals surface area (Å²) in [4.78, 5) is 25.0. The fraction of sp³-hybridized carbons (Fsp3) is 0.467. The lowest BCUT2D eigenvalue weighted by molar-refractivity contribution is -0.121. The average Bonchev–Trinajstić information content (AvgIpc) is 3.02. The largest absolute Gasteiger partial charge is 0.351 e. The summed E-state index contributed by atoms with van der Waals surface area (Å²) in [6.07, 6.45) is 12.4. The fourth-order valence-corrected chi connectivity index (χ4v) is 3.65. The van der Waals surface area contributed by atoms with Gasteiger partial charge in [0, 0.05) is 25.5 Å². The molecule has 0 unspecified atom stereocenters. The van der Waals surface area contributed by atoms with E-state index in [1.807, 2.05) is 12.1 Å². The minimum absolute atomic E-state index is 0.201. The molecule has 2 amide bonds. The van der Waals surface area contributed by atoms with Crippen LogP contribution in [0.2, 0.25) is 0 Å². The van der Waals surface area contributed by atoms with Gasteiger partial charge in [-0.05, 0) is 42.3 Å². The third-order valence-corrected chi connectivity index (χ3v) is 4.98. The lowest BCUT2D eigenvalue weighted by Crippen LogP contribution is -2.22. The van der Waals surface area contributed by atoms with E-state index in [1.54, 1.807) is 0 Å². The van der Waals surface area contributed by atoms with Crippen LogP contribution in [0.1, 0.15) is 43.7 Å². The quantitative estimate of drug-likeness (QED) is 0.781. The predicted octanol–water partition coefficient (Wildman–Crippen LogP) is 3.66. The number of amides is 2. The zero-order valence-electron chi connectivity index (χ0n) is 11.5. The van der Waals surface area contributed by atoms with E-state index in [-0.39, 0.29) is 11.1 Å². The van der Waals surface area contributed by atoms with Crippen LogP contribution in [-0.2, 0) is 4.79 Å². The number of hydrogen-bond donors (Lipinski definition) is 0. The molecule has 3 rings (SSSR count). The summed E-state index contributed by atoms with van der Waals surface area (Å²) in [7, 11) is 1.52. The molecule has 2 heterocycles. The molecule has 1 aromatic rings. The first-order chi connectivity index (χ1) is 9.65. The van der Waals surface area contributed by atoms with Crippen LogP contribution < -0.4 is 0 Å². The SMILES string of the molecule is CN1C(=O)S/C(=C\c2ccn(C3CCCCC3)c2)C1=O. The molecule has 1 aliphatic heterocycles. The summed E-state index contributed by atoms with van der Waals surface area (Å²) >= 11 is 1.01. The van der Waals surface area contributed by atoms with E-state index < -0.39 is 0 Å². The van der Waals surface area contributed by atoms with Crippen LogP contribution in [0.15, 0.2) is 23.4 Å². The Balaban J connectivity index is 1.77. The second-order valence-corrected chi connectivity index (χ2v) is 6.42. The van der Waals surface area contributed by atoms with Gasteiger partial charge in [-0.1, -0.05) is 19.3 Å². The molecule has 0 bridgehead atoms. The van der Waals surface area contributed by atoms with E-state index in [0.717, 1.165) is 22.2 Å². The topological polar surface area (TPSA) is 42.3 Å². The zero-order valence-corrected chi connectivity index (χ0v) is 12.4. The van der Waals surface area contributed by atoms with E-state index in [9.17, 15) is 9.59 Å². The molecule has 2 aliphatic rings. The number of thioether (sulfide) groups is 1. The van der Waals surface area contributed by atoms with Gasteiger partial charge in [0.25, 0.3) is 11.1 Å². The van der Waals surface area contributed by atoms with E-state index in [4.69, 9.17) is 0 Å². The van der Waals surface area contributed by atoms with Gasteiger partial charge in [-0.3, -0.25) is 14.5 Å². The standard InChI is InChI=1S/C15H18N2O2S/c1-16-14(18)13(20-15(16)19)9-11-7-8-17(10-11)12-5-3-2-4-6-12/h7-10,12H,2-6H2,1H3/b13-9-. The number of carbonyl (C=O) groups is 2. The number of likely N-dealkylation sites (N-methyl/N-ethyl adjacent to an activating group) is 1. The summed E-state index contributed by atoms with van der Waals surface area (Å²) in [5.74, 6) is -0.203. The minimum atomic E-state index is -0.203. The predicted molar refractivity (Wildman–Crippen MR) is 80.3 cm³/mol. The maximum Gasteiger partial charge on any atom is 0.293 e. The maximum absolute atomic E-state index is 11.8. The molecule has 106 valence electrons. The first-order valence-corrected chi connectivity index (χ1v) is 7.86. The Morgan fingerprint density at radius 3 is 2.65 bits per heavy atom. The molecule has 1 saturated carbocycles. The molecular weight excluding hydrogens is 272 g/mol. The Morgan fingerprint density at radius 1 is 1.25 bits per heavy atom. The Hall–Kier alpha value is -1.49. The molecular formula is C15H18N2O2S. The van der Waals surface area contributed by atoms with Crippen molar-refractivity contribution in [3.05, 3.63) is 28.9 Å².